The van der Waals surface area contributed by atoms with Gasteiger partial charge < -0.3 is 0 Å². The molecule has 180 valence electrons. The van der Waals surface area contributed by atoms with Crippen molar-refractivity contribution < 1.29 is 4.79 Å². The fourth-order valence-electron chi connectivity index (χ4n) is 5.49. The Hall–Kier alpha value is -2.58. The zero-order valence-corrected chi connectivity index (χ0v) is 20.9. The maximum atomic E-state index is 13.0. The Morgan fingerprint density at radius 2 is 1.91 bits per heavy atom. The lowest BCUT2D eigenvalue weighted by atomic mass is 9.92. The molecule has 34 heavy (non-hydrogen) atoms. The van der Waals surface area contributed by atoms with Gasteiger partial charge in [0.15, 0.2) is 5.13 Å². The average molecular weight is 480 g/mol. The number of carbonyl (C=O) groups excluding carboxylic acids is 1. The molecule has 2 aliphatic rings. The number of amides is 1. The highest BCUT2D eigenvalue weighted by molar-refractivity contribution is 7.14. The molecule has 0 bridgehead atoms. The molecule has 1 aromatic carbocycles. The van der Waals surface area contributed by atoms with Crippen molar-refractivity contribution in [3.05, 3.63) is 51.0 Å². The summed E-state index contributed by atoms with van der Waals surface area (Å²) in [6.45, 7) is 8.34. The Balaban J connectivity index is 1.31. The monoisotopic (exact) mass is 479 g/mol. The Morgan fingerprint density at radius 1 is 1.12 bits per heavy atom. The third kappa shape index (κ3) is 5.08. The number of nitrogens with one attached hydrogen (secondary N) is 1. The number of fused-ring (bicyclic) bond motifs is 2. The number of anilines is 1. The van der Waals surface area contributed by atoms with E-state index in [-0.39, 0.29) is 11.5 Å². The van der Waals surface area contributed by atoms with Crippen LogP contribution in [0.1, 0.15) is 67.8 Å². The molecule has 2 aromatic heterocycles. The fourth-order valence-corrected chi connectivity index (χ4v) is 6.19. The van der Waals surface area contributed by atoms with Crippen LogP contribution in [0.5, 0.6) is 0 Å². The van der Waals surface area contributed by atoms with E-state index in [9.17, 15) is 9.59 Å². The number of likely N-dealkylation sites (tertiary alicyclic amines) is 1. The average Bonchev–Trinajstić information content (AvgIpc) is 3.20. The van der Waals surface area contributed by atoms with Gasteiger partial charge in [-0.1, -0.05) is 26.7 Å². The van der Waals surface area contributed by atoms with Crippen LogP contribution in [0.15, 0.2) is 28.4 Å². The SMILES string of the molecule is CC1CC(C)CN(Cc2csc(NC(=O)c3ccc4c(=O)n5c(nc4c3)CCCCCC5)n2)C1. The highest BCUT2D eigenvalue weighted by Crippen LogP contribution is 2.24. The second-order valence-electron chi connectivity index (χ2n) is 10.1. The summed E-state index contributed by atoms with van der Waals surface area (Å²) in [6, 6.07) is 5.18. The van der Waals surface area contributed by atoms with Crippen LogP contribution in [0.4, 0.5) is 5.13 Å². The number of aromatic nitrogens is 3. The van der Waals surface area contributed by atoms with Crippen molar-refractivity contribution in [2.75, 3.05) is 18.4 Å². The van der Waals surface area contributed by atoms with E-state index in [1.807, 2.05) is 9.95 Å². The first kappa shape index (κ1) is 23.2. The van der Waals surface area contributed by atoms with Gasteiger partial charge in [-0.25, -0.2) is 9.97 Å². The molecule has 3 aromatic rings. The van der Waals surface area contributed by atoms with Gasteiger partial charge >= 0.3 is 0 Å². The Kier molecular flexibility index (Phi) is 6.79. The quantitative estimate of drug-likeness (QED) is 0.587. The smallest absolute Gasteiger partial charge is 0.261 e. The predicted octanol–water partition coefficient (Wildman–Crippen LogP) is 4.70. The first-order chi connectivity index (χ1) is 16.5. The number of thiazole rings is 1. The summed E-state index contributed by atoms with van der Waals surface area (Å²) in [5.41, 5.74) is 2.08. The lowest BCUT2D eigenvalue weighted by molar-refractivity contribution is 0.102. The summed E-state index contributed by atoms with van der Waals surface area (Å²) in [6.07, 6.45) is 6.45. The summed E-state index contributed by atoms with van der Waals surface area (Å²) in [5, 5.41) is 6.13. The molecular weight excluding hydrogens is 446 g/mol. The Morgan fingerprint density at radius 3 is 2.74 bits per heavy atom. The molecule has 2 unspecified atom stereocenters. The maximum Gasteiger partial charge on any atom is 0.261 e. The lowest BCUT2D eigenvalue weighted by Crippen LogP contribution is -2.38. The van der Waals surface area contributed by atoms with Crippen LogP contribution in [-0.4, -0.2) is 38.4 Å². The molecule has 0 radical (unpaired) electrons. The van der Waals surface area contributed by atoms with Crippen LogP contribution in [0.3, 0.4) is 0 Å². The van der Waals surface area contributed by atoms with Crippen LogP contribution in [0.25, 0.3) is 10.9 Å². The minimum atomic E-state index is -0.225. The number of piperidine rings is 1. The number of nitrogens with zero attached hydrogens (tertiary/aromatic N) is 4. The lowest BCUT2D eigenvalue weighted by Gasteiger charge is -2.34. The highest BCUT2D eigenvalue weighted by Gasteiger charge is 2.22. The number of carbonyl (C=O) groups is 1. The van der Waals surface area contributed by atoms with Gasteiger partial charge in [0.2, 0.25) is 0 Å². The number of hydrogen-bond acceptors (Lipinski definition) is 6. The van der Waals surface area contributed by atoms with Gasteiger partial charge in [0.05, 0.1) is 16.6 Å². The van der Waals surface area contributed by atoms with Crippen molar-refractivity contribution in [2.24, 2.45) is 11.8 Å². The minimum Gasteiger partial charge on any atom is -0.298 e. The molecule has 1 saturated heterocycles. The van der Waals surface area contributed by atoms with Crippen molar-refractivity contribution in [3.63, 3.8) is 0 Å². The molecule has 1 N–H and O–H groups in total. The molecule has 5 rings (SSSR count). The Bertz CT molecular complexity index is 1240. The zero-order chi connectivity index (χ0) is 23.7. The molecular formula is C26H33N5O2S. The molecule has 4 heterocycles. The third-order valence-corrected chi connectivity index (χ3v) is 7.74. The topological polar surface area (TPSA) is 80.1 Å². The largest absolute Gasteiger partial charge is 0.298 e. The summed E-state index contributed by atoms with van der Waals surface area (Å²) >= 11 is 1.45. The molecule has 1 fully saturated rings. The summed E-state index contributed by atoms with van der Waals surface area (Å²) in [7, 11) is 0. The van der Waals surface area contributed by atoms with Gasteiger partial charge in [0.25, 0.3) is 11.5 Å². The summed E-state index contributed by atoms with van der Waals surface area (Å²) < 4.78 is 1.82. The van der Waals surface area contributed by atoms with Crippen LogP contribution < -0.4 is 10.9 Å². The standard InChI is InChI=1S/C26H33N5O2S/c1-17-11-18(2)14-30(13-17)15-20-16-34-26(27-20)29-24(32)19-8-9-21-22(12-19)28-23-7-5-3-4-6-10-31(23)25(21)33/h8-9,12,16-18H,3-7,10-11,13-15H2,1-2H3,(H,27,29,32). The number of benzene rings is 1. The van der Waals surface area contributed by atoms with Gasteiger partial charge in [0.1, 0.15) is 5.82 Å². The van der Waals surface area contributed by atoms with E-state index in [4.69, 9.17) is 4.98 Å². The van der Waals surface area contributed by atoms with Gasteiger partial charge in [-0.3, -0.25) is 24.4 Å². The molecule has 2 atom stereocenters. The fraction of sp³-hybridized carbons (Fsp3) is 0.538. The first-order valence-electron chi connectivity index (χ1n) is 12.5. The van der Waals surface area contributed by atoms with Crippen molar-refractivity contribution in [1.29, 1.82) is 0 Å². The number of aryl methyl sites for hydroxylation is 1. The normalized spacial score (nSPS) is 21.6. The van der Waals surface area contributed by atoms with Gasteiger partial charge in [0, 0.05) is 43.5 Å². The van der Waals surface area contributed by atoms with E-state index >= 15 is 0 Å². The van der Waals surface area contributed by atoms with E-state index < -0.39 is 0 Å². The Labute approximate surface area is 204 Å². The van der Waals surface area contributed by atoms with Gasteiger partial charge in [-0.15, -0.1) is 11.3 Å². The highest BCUT2D eigenvalue weighted by atomic mass is 32.1. The number of rotatable bonds is 4. The minimum absolute atomic E-state index is 0.000210. The van der Waals surface area contributed by atoms with E-state index in [0.29, 0.717) is 33.4 Å². The predicted molar refractivity (Wildman–Crippen MR) is 136 cm³/mol. The van der Waals surface area contributed by atoms with E-state index in [0.717, 1.165) is 63.4 Å². The van der Waals surface area contributed by atoms with Gasteiger partial charge in [-0.05, 0) is 49.3 Å². The van der Waals surface area contributed by atoms with E-state index in [1.54, 1.807) is 18.2 Å². The van der Waals surface area contributed by atoms with Gasteiger partial charge in [-0.2, -0.15) is 0 Å². The molecule has 0 spiro atoms. The molecule has 0 aliphatic carbocycles. The summed E-state index contributed by atoms with van der Waals surface area (Å²) in [5.74, 6) is 2.02. The van der Waals surface area contributed by atoms with Crippen LogP contribution in [0, 0.1) is 11.8 Å². The molecule has 7 nitrogen and oxygen atoms in total. The molecule has 2 aliphatic heterocycles. The van der Waals surface area contributed by atoms with Crippen molar-refractivity contribution in [2.45, 2.75) is 65.5 Å². The van der Waals surface area contributed by atoms with Crippen molar-refractivity contribution >= 4 is 33.3 Å². The third-order valence-electron chi connectivity index (χ3n) is 6.93. The maximum absolute atomic E-state index is 13.0. The zero-order valence-electron chi connectivity index (χ0n) is 20.0. The van der Waals surface area contributed by atoms with Crippen LogP contribution in [-0.2, 0) is 19.5 Å². The van der Waals surface area contributed by atoms with E-state index in [1.165, 1.54) is 24.2 Å². The summed E-state index contributed by atoms with van der Waals surface area (Å²) in [4.78, 5) is 37.9. The second kappa shape index (κ2) is 9.96. The molecule has 1 amide bonds. The second-order valence-corrected chi connectivity index (χ2v) is 11.0. The van der Waals surface area contributed by atoms with Crippen molar-refractivity contribution in [1.82, 2.24) is 19.4 Å². The van der Waals surface area contributed by atoms with Crippen LogP contribution >= 0.6 is 11.3 Å². The first-order valence-corrected chi connectivity index (χ1v) is 13.4. The molecule has 0 saturated carbocycles. The molecule has 8 heteroatoms. The number of hydrogen-bond donors (Lipinski definition) is 1. The van der Waals surface area contributed by atoms with Crippen molar-refractivity contribution in [3.8, 4) is 0 Å². The van der Waals surface area contributed by atoms with Crippen LogP contribution in [0.2, 0.25) is 0 Å². The van der Waals surface area contributed by atoms with E-state index in [2.05, 4.69) is 29.0 Å².